The van der Waals surface area contributed by atoms with Gasteiger partial charge in [-0.2, -0.15) is 0 Å². The molecule has 11 rings (SSSR count). The number of aryl methyl sites for hydroxylation is 1. The van der Waals surface area contributed by atoms with Crippen LogP contribution in [0.2, 0.25) is 0 Å². The molecule has 268 valence electrons. The molecule has 57 heavy (non-hydrogen) atoms. The van der Waals surface area contributed by atoms with Gasteiger partial charge in [-0.1, -0.05) is 163 Å². The van der Waals surface area contributed by atoms with Gasteiger partial charge in [0.2, 0.25) is 0 Å². The van der Waals surface area contributed by atoms with E-state index in [0.29, 0.717) is 0 Å². The van der Waals surface area contributed by atoms with Crippen LogP contribution < -0.4 is 4.90 Å². The fourth-order valence-electron chi connectivity index (χ4n) is 8.99. The first kappa shape index (κ1) is 33.0. The summed E-state index contributed by atoms with van der Waals surface area (Å²) < 4.78 is 2.46. The van der Waals surface area contributed by atoms with Crippen LogP contribution >= 0.6 is 0 Å². The maximum absolute atomic E-state index is 2.46. The van der Waals surface area contributed by atoms with Crippen molar-refractivity contribution in [3.05, 3.63) is 218 Å². The lowest BCUT2D eigenvalue weighted by Crippen LogP contribution is -2.11. The fraction of sp³-hybridized carbons (Fsp3) is 0.0182. The van der Waals surface area contributed by atoms with Gasteiger partial charge in [-0.3, -0.25) is 0 Å². The van der Waals surface area contributed by atoms with E-state index in [1.54, 1.807) is 0 Å². The number of aromatic nitrogens is 1. The second-order valence-corrected chi connectivity index (χ2v) is 15.0. The monoisotopic (exact) mass is 726 g/mol. The van der Waals surface area contributed by atoms with Crippen LogP contribution in [-0.2, 0) is 0 Å². The highest BCUT2D eigenvalue weighted by Gasteiger charge is 2.21. The summed E-state index contributed by atoms with van der Waals surface area (Å²) in [5.41, 5.74) is 12.9. The molecule has 0 atom stereocenters. The Labute approximate surface area is 332 Å². The minimum Gasteiger partial charge on any atom is -0.310 e. The Balaban J connectivity index is 1.16. The van der Waals surface area contributed by atoms with Gasteiger partial charge in [0.25, 0.3) is 0 Å². The molecule has 10 aromatic carbocycles. The quantitative estimate of drug-likeness (QED) is 0.155. The number of benzene rings is 10. The number of rotatable bonds is 6. The van der Waals surface area contributed by atoms with Crippen molar-refractivity contribution in [2.75, 3.05) is 4.90 Å². The Morgan fingerprint density at radius 2 is 1.02 bits per heavy atom. The first-order chi connectivity index (χ1) is 28.2. The molecule has 0 saturated carbocycles. The summed E-state index contributed by atoms with van der Waals surface area (Å²) in [6.07, 6.45) is 0. The molecule has 0 N–H and O–H groups in total. The maximum Gasteiger partial charge on any atom is 0.0619 e. The predicted molar refractivity (Wildman–Crippen MR) is 244 cm³/mol. The third-order valence-electron chi connectivity index (χ3n) is 11.6. The largest absolute Gasteiger partial charge is 0.310 e. The highest BCUT2D eigenvalue weighted by atomic mass is 15.1. The van der Waals surface area contributed by atoms with Crippen molar-refractivity contribution in [2.24, 2.45) is 0 Å². The third-order valence-corrected chi connectivity index (χ3v) is 11.6. The number of hydrogen-bond acceptors (Lipinski definition) is 1. The van der Waals surface area contributed by atoms with E-state index < -0.39 is 0 Å². The predicted octanol–water partition coefficient (Wildman–Crippen LogP) is 15.4. The highest BCUT2D eigenvalue weighted by molar-refractivity contribution is 6.22. The minimum absolute atomic E-state index is 1.10. The van der Waals surface area contributed by atoms with E-state index in [-0.39, 0.29) is 0 Å². The highest BCUT2D eigenvalue weighted by Crippen LogP contribution is 2.45. The van der Waals surface area contributed by atoms with Gasteiger partial charge in [0.05, 0.1) is 16.7 Å². The molecule has 0 amide bonds. The van der Waals surface area contributed by atoms with E-state index in [1.165, 1.54) is 81.9 Å². The maximum atomic E-state index is 2.46. The lowest BCUT2D eigenvalue weighted by atomic mass is 9.96. The van der Waals surface area contributed by atoms with Gasteiger partial charge in [-0.05, 0) is 105 Å². The van der Waals surface area contributed by atoms with Gasteiger partial charge in [-0.15, -0.1) is 0 Å². The fourth-order valence-corrected chi connectivity index (χ4v) is 8.99. The zero-order valence-corrected chi connectivity index (χ0v) is 31.6. The second-order valence-electron chi connectivity index (χ2n) is 15.0. The van der Waals surface area contributed by atoms with Gasteiger partial charge in [0.15, 0.2) is 0 Å². The average molecular weight is 727 g/mol. The van der Waals surface area contributed by atoms with Crippen LogP contribution in [0.4, 0.5) is 17.1 Å². The van der Waals surface area contributed by atoms with E-state index in [4.69, 9.17) is 0 Å². The number of nitrogens with zero attached hydrogens (tertiary/aromatic N) is 2. The molecule has 0 saturated heterocycles. The van der Waals surface area contributed by atoms with Crippen molar-refractivity contribution in [1.82, 2.24) is 4.57 Å². The summed E-state index contributed by atoms with van der Waals surface area (Å²) in [7, 11) is 0. The van der Waals surface area contributed by atoms with Gasteiger partial charge in [-0.25, -0.2) is 0 Å². The molecule has 0 fully saturated rings. The molecule has 1 aromatic heterocycles. The Bertz CT molecular complexity index is 3300. The van der Waals surface area contributed by atoms with E-state index in [2.05, 4.69) is 229 Å². The summed E-state index contributed by atoms with van der Waals surface area (Å²) in [4.78, 5) is 2.43. The molecule has 0 aliphatic rings. The molecule has 0 unspecified atom stereocenters. The lowest BCUT2D eigenvalue weighted by molar-refractivity contribution is 1.19. The zero-order chi connectivity index (χ0) is 37.9. The van der Waals surface area contributed by atoms with Crippen LogP contribution in [0.15, 0.2) is 212 Å². The first-order valence-electron chi connectivity index (χ1n) is 19.7. The smallest absolute Gasteiger partial charge is 0.0619 e. The number of para-hydroxylation sites is 2. The lowest BCUT2D eigenvalue weighted by Gasteiger charge is -2.28. The molecule has 2 heteroatoms. The van der Waals surface area contributed by atoms with E-state index in [9.17, 15) is 0 Å². The van der Waals surface area contributed by atoms with Crippen LogP contribution in [0.5, 0.6) is 0 Å². The van der Waals surface area contributed by atoms with Crippen LogP contribution in [0.1, 0.15) is 5.56 Å². The Hall–Kier alpha value is -7.42. The topological polar surface area (TPSA) is 8.17 Å². The molecule has 1 heterocycles. The van der Waals surface area contributed by atoms with Crippen molar-refractivity contribution < 1.29 is 0 Å². The summed E-state index contributed by atoms with van der Waals surface area (Å²) in [6.45, 7) is 2.18. The van der Waals surface area contributed by atoms with Gasteiger partial charge in [0, 0.05) is 38.8 Å². The summed E-state index contributed by atoms with van der Waals surface area (Å²) in [5, 5.41) is 10.0. The summed E-state index contributed by atoms with van der Waals surface area (Å²) in [5.74, 6) is 0. The van der Waals surface area contributed by atoms with Crippen molar-refractivity contribution >= 4 is 71.2 Å². The van der Waals surface area contributed by atoms with E-state index >= 15 is 0 Å². The van der Waals surface area contributed by atoms with E-state index in [1.807, 2.05) is 0 Å². The average Bonchev–Trinajstić information content (AvgIpc) is 3.62. The molecule has 0 spiro atoms. The molecule has 2 nitrogen and oxygen atoms in total. The van der Waals surface area contributed by atoms with Crippen LogP contribution in [0.25, 0.3) is 82.1 Å². The van der Waals surface area contributed by atoms with Crippen LogP contribution in [0, 0.1) is 6.92 Å². The molecule has 0 radical (unpaired) electrons. The minimum atomic E-state index is 1.10. The normalized spacial score (nSPS) is 11.6. The van der Waals surface area contributed by atoms with Gasteiger partial charge in [0.1, 0.15) is 0 Å². The van der Waals surface area contributed by atoms with Crippen LogP contribution in [0.3, 0.4) is 0 Å². The Morgan fingerprint density at radius 3 is 1.91 bits per heavy atom. The van der Waals surface area contributed by atoms with Crippen molar-refractivity contribution in [2.45, 2.75) is 6.92 Å². The molecular weight excluding hydrogens is 689 g/mol. The SMILES string of the molecule is Cc1ccc2ccc3c4c(-c5cccc(N(c6ccc7c(ccc8ccccc87)c6)c6ccccc6-c6ccccc6)c5)cccc4n(-c4ccccc4)c3c2c1. The van der Waals surface area contributed by atoms with Crippen LogP contribution in [-0.4, -0.2) is 4.57 Å². The molecule has 0 bridgehead atoms. The molecular formula is C55H38N2. The van der Waals surface area contributed by atoms with Crippen molar-refractivity contribution in [3.63, 3.8) is 0 Å². The van der Waals surface area contributed by atoms with Gasteiger partial charge < -0.3 is 9.47 Å². The molecule has 11 aromatic rings. The molecule has 0 aliphatic carbocycles. The standard InChI is InChI=1S/C55H38N2/c1-37-26-27-40-30-32-50-54-49(23-13-25-53(54)57(55(50)51(40)34-37)43-18-6-3-7-19-43)41-17-12-20-44(35-41)56(52-24-11-10-22-48(52)38-14-4-2-5-15-38)45-31-33-47-42(36-45)29-28-39-16-8-9-21-46(39)47/h2-36H,1H3. The van der Waals surface area contributed by atoms with Crippen molar-refractivity contribution in [1.29, 1.82) is 0 Å². The number of hydrogen-bond donors (Lipinski definition) is 0. The second kappa shape index (κ2) is 13.4. The molecule has 0 aliphatic heterocycles. The zero-order valence-electron chi connectivity index (χ0n) is 31.6. The Morgan fingerprint density at radius 1 is 0.386 bits per heavy atom. The van der Waals surface area contributed by atoms with Gasteiger partial charge >= 0.3 is 0 Å². The summed E-state index contributed by atoms with van der Waals surface area (Å²) in [6, 6.07) is 77.7. The summed E-state index contributed by atoms with van der Waals surface area (Å²) >= 11 is 0. The third kappa shape index (κ3) is 5.49. The van der Waals surface area contributed by atoms with E-state index in [0.717, 1.165) is 22.7 Å². The first-order valence-corrected chi connectivity index (χ1v) is 19.7. The number of fused-ring (bicyclic) bond motifs is 8. The Kier molecular flexibility index (Phi) is 7.75. The van der Waals surface area contributed by atoms with Crippen molar-refractivity contribution in [3.8, 4) is 27.9 Å². The number of anilines is 3.